The highest BCUT2D eigenvalue weighted by atomic mass is 19.4. The average molecular weight is 346 g/mol. The second-order valence-corrected chi connectivity index (χ2v) is 5.01. The van der Waals surface area contributed by atoms with Gasteiger partial charge in [0, 0.05) is 11.8 Å². The van der Waals surface area contributed by atoms with Gasteiger partial charge in [-0.2, -0.15) is 18.4 Å². The van der Waals surface area contributed by atoms with E-state index in [2.05, 4.69) is 4.98 Å². The van der Waals surface area contributed by atoms with Gasteiger partial charge in [0.05, 0.1) is 24.4 Å². The summed E-state index contributed by atoms with van der Waals surface area (Å²) in [5, 5.41) is 9.19. The average Bonchev–Trinajstić information content (AvgIpc) is 2.60. The minimum atomic E-state index is -4.53. The minimum absolute atomic E-state index is 0.0369. The number of nitrogens with zero attached hydrogens (tertiary/aromatic N) is 2. The predicted octanol–water partition coefficient (Wildman–Crippen LogP) is 4.00. The summed E-state index contributed by atoms with van der Waals surface area (Å²) in [5.74, 6) is -1.32. The number of nitriles is 1. The Labute approximate surface area is 142 Å². The van der Waals surface area contributed by atoms with Gasteiger partial charge in [-0.15, -0.1) is 0 Å². The van der Waals surface area contributed by atoms with Crippen molar-refractivity contribution in [1.82, 2.24) is 4.98 Å². The molecule has 1 aromatic heterocycles. The molecule has 1 aromatic carbocycles. The van der Waals surface area contributed by atoms with Crippen LogP contribution in [0.15, 0.2) is 48.7 Å². The van der Waals surface area contributed by atoms with Crippen LogP contribution in [0.4, 0.5) is 13.2 Å². The predicted molar refractivity (Wildman–Crippen MR) is 84.6 cm³/mol. The summed E-state index contributed by atoms with van der Waals surface area (Å²) < 4.78 is 42.8. The molecule has 0 aliphatic heterocycles. The molecule has 2 aromatic rings. The number of allylic oxidation sites excluding steroid dienone is 1. The Morgan fingerprint density at radius 2 is 2.00 bits per heavy atom. The molecule has 0 aliphatic rings. The van der Waals surface area contributed by atoms with Crippen LogP contribution in [0.3, 0.4) is 0 Å². The van der Waals surface area contributed by atoms with E-state index in [1.165, 1.54) is 19.3 Å². The number of rotatable bonds is 5. The molecule has 0 N–H and O–H groups in total. The fourth-order valence-electron chi connectivity index (χ4n) is 2.09. The largest absolute Gasteiger partial charge is 0.496 e. The van der Waals surface area contributed by atoms with Crippen LogP contribution in [0.25, 0.3) is 6.08 Å². The minimum Gasteiger partial charge on any atom is -0.496 e. The van der Waals surface area contributed by atoms with E-state index in [9.17, 15) is 23.2 Å². The van der Waals surface area contributed by atoms with Crippen LogP contribution in [-0.2, 0) is 11.0 Å². The van der Waals surface area contributed by atoms with Gasteiger partial charge in [-0.1, -0.05) is 18.2 Å². The Kier molecular flexibility index (Phi) is 5.55. The fraction of sp³-hybridized carbons (Fsp3) is 0.167. The molecule has 0 spiro atoms. The van der Waals surface area contributed by atoms with E-state index in [1.807, 2.05) is 0 Å². The summed E-state index contributed by atoms with van der Waals surface area (Å²) in [5.41, 5.74) is -0.342. The normalized spacial score (nSPS) is 12.6. The molecule has 7 heteroatoms. The molecule has 0 saturated heterocycles. The highest BCUT2D eigenvalue weighted by Gasteiger charge is 2.31. The highest BCUT2D eigenvalue weighted by molar-refractivity contribution is 6.00. The van der Waals surface area contributed by atoms with E-state index < -0.39 is 23.4 Å². The first-order valence-electron chi connectivity index (χ1n) is 7.14. The first-order chi connectivity index (χ1) is 11.9. The number of methoxy groups -OCH3 is 1. The summed E-state index contributed by atoms with van der Waals surface area (Å²) in [4.78, 5) is 15.8. The van der Waals surface area contributed by atoms with Crippen LogP contribution in [0.5, 0.6) is 5.75 Å². The Morgan fingerprint density at radius 3 is 2.56 bits per heavy atom. The van der Waals surface area contributed by atoms with Gasteiger partial charge in [-0.25, -0.2) is 0 Å². The number of carbonyl (C=O) groups excluding carboxylic acids is 1. The lowest BCUT2D eigenvalue weighted by Crippen LogP contribution is -2.11. The number of aromatic nitrogens is 1. The molecule has 0 amide bonds. The van der Waals surface area contributed by atoms with Crippen LogP contribution >= 0.6 is 0 Å². The van der Waals surface area contributed by atoms with Gasteiger partial charge >= 0.3 is 6.18 Å². The summed E-state index contributed by atoms with van der Waals surface area (Å²) in [6.45, 7) is 0. The first kappa shape index (κ1) is 18.2. The van der Waals surface area contributed by atoms with Crippen molar-refractivity contribution in [2.75, 3.05) is 7.11 Å². The standard InChI is InChI=1S/C18H13F3N2O2/c1-25-17-5-3-2-4-12(17)6-9-16(24)14(10-22)15-8-7-13(11-23-15)18(19,20)21/h2-9,11,14H,1H3/b9-6-/t14-/m1/s1. The van der Waals surface area contributed by atoms with Gasteiger partial charge in [0.1, 0.15) is 5.75 Å². The summed E-state index contributed by atoms with van der Waals surface area (Å²) in [7, 11) is 1.48. The van der Waals surface area contributed by atoms with Gasteiger partial charge in [0.15, 0.2) is 11.7 Å². The molecule has 1 heterocycles. The van der Waals surface area contributed by atoms with Gasteiger partial charge in [0.2, 0.25) is 0 Å². The third-order valence-electron chi connectivity index (χ3n) is 3.39. The van der Waals surface area contributed by atoms with Crippen LogP contribution in [0.2, 0.25) is 0 Å². The highest BCUT2D eigenvalue weighted by Crippen LogP contribution is 2.29. The molecule has 1 atom stereocenters. The van der Waals surface area contributed by atoms with Crippen molar-refractivity contribution in [1.29, 1.82) is 5.26 Å². The molecule has 0 saturated carbocycles. The van der Waals surface area contributed by atoms with Crippen molar-refractivity contribution in [3.63, 3.8) is 0 Å². The second-order valence-electron chi connectivity index (χ2n) is 5.01. The summed E-state index contributed by atoms with van der Waals surface area (Å²) in [6, 6.07) is 10.6. The lowest BCUT2D eigenvalue weighted by atomic mass is 9.99. The number of hydrogen-bond donors (Lipinski definition) is 0. The number of ether oxygens (including phenoxy) is 1. The van der Waals surface area contributed by atoms with E-state index in [0.29, 0.717) is 17.5 Å². The smallest absolute Gasteiger partial charge is 0.417 e. The maximum Gasteiger partial charge on any atom is 0.417 e. The molecular weight excluding hydrogens is 333 g/mol. The van der Waals surface area contributed by atoms with Gasteiger partial charge in [-0.05, 0) is 30.4 Å². The zero-order valence-electron chi connectivity index (χ0n) is 13.1. The fourth-order valence-corrected chi connectivity index (χ4v) is 2.09. The number of benzene rings is 1. The molecule has 0 bridgehead atoms. The van der Waals surface area contributed by atoms with E-state index in [1.54, 1.807) is 30.3 Å². The van der Waals surface area contributed by atoms with Crippen LogP contribution in [0.1, 0.15) is 22.7 Å². The number of pyridine rings is 1. The van der Waals surface area contributed by atoms with Crippen molar-refractivity contribution in [2.24, 2.45) is 0 Å². The molecule has 4 nitrogen and oxygen atoms in total. The monoisotopic (exact) mass is 346 g/mol. The molecule has 0 radical (unpaired) electrons. The van der Waals surface area contributed by atoms with Crippen LogP contribution < -0.4 is 4.74 Å². The molecule has 0 unspecified atom stereocenters. The Bertz CT molecular complexity index is 821. The van der Waals surface area contributed by atoms with Gasteiger partial charge < -0.3 is 4.74 Å². The topological polar surface area (TPSA) is 63.0 Å². The molecular formula is C18H13F3N2O2. The second kappa shape index (κ2) is 7.62. The lowest BCUT2D eigenvalue weighted by Gasteiger charge is -2.09. The Hall–Kier alpha value is -3.14. The maximum absolute atomic E-state index is 12.5. The molecule has 0 aliphatic carbocycles. The first-order valence-corrected chi connectivity index (χ1v) is 7.14. The maximum atomic E-state index is 12.5. The van der Waals surface area contributed by atoms with Crippen LogP contribution in [0, 0.1) is 11.3 Å². The number of ketones is 1. The Morgan fingerprint density at radius 1 is 1.28 bits per heavy atom. The third-order valence-corrected chi connectivity index (χ3v) is 3.39. The van der Waals surface area contributed by atoms with E-state index in [4.69, 9.17) is 4.74 Å². The lowest BCUT2D eigenvalue weighted by molar-refractivity contribution is -0.137. The van der Waals surface area contributed by atoms with Crippen molar-refractivity contribution >= 4 is 11.9 Å². The van der Waals surface area contributed by atoms with E-state index in [0.717, 1.165) is 12.1 Å². The molecule has 2 rings (SSSR count). The van der Waals surface area contributed by atoms with E-state index >= 15 is 0 Å². The van der Waals surface area contributed by atoms with Crippen molar-refractivity contribution in [2.45, 2.75) is 12.1 Å². The number of halogens is 3. The molecule has 0 fully saturated rings. The van der Waals surface area contributed by atoms with Crippen molar-refractivity contribution < 1.29 is 22.7 Å². The van der Waals surface area contributed by atoms with E-state index in [-0.39, 0.29) is 5.69 Å². The molecule has 25 heavy (non-hydrogen) atoms. The number of para-hydroxylation sites is 1. The van der Waals surface area contributed by atoms with Crippen molar-refractivity contribution in [3.8, 4) is 11.8 Å². The number of alkyl halides is 3. The third kappa shape index (κ3) is 4.44. The quantitative estimate of drug-likeness (QED) is 0.768. The van der Waals surface area contributed by atoms with Crippen LogP contribution in [-0.4, -0.2) is 17.9 Å². The summed E-state index contributed by atoms with van der Waals surface area (Å²) >= 11 is 0. The van der Waals surface area contributed by atoms with Crippen molar-refractivity contribution in [3.05, 3.63) is 65.5 Å². The zero-order chi connectivity index (χ0) is 18.4. The van der Waals surface area contributed by atoms with Gasteiger partial charge in [-0.3, -0.25) is 9.78 Å². The number of carbonyl (C=O) groups is 1. The summed E-state index contributed by atoms with van der Waals surface area (Å²) in [6.07, 6.45) is -1.25. The number of hydrogen-bond acceptors (Lipinski definition) is 4. The Balaban J connectivity index is 2.21. The van der Waals surface area contributed by atoms with Gasteiger partial charge in [0.25, 0.3) is 0 Å². The zero-order valence-corrected chi connectivity index (χ0v) is 13.1. The SMILES string of the molecule is COc1ccccc1/C=C\C(=O)[C@H](C#N)c1ccc(C(F)(F)F)cn1. The molecule has 128 valence electrons.